The number of aliphatic hydroxyl groups is 1. The predicted molar refractivity (Wildman–Crippen MR) is 61.0 cm³/mol. The van der Waals surface area contributed by atoms with Gasteiger partial charge >= 0.3 is 0 Å². The van der Waals surface area contributed by atoms with Crippen molar-refractivity contribution in [1.82, 2.24) is 4.98 Å². The number of β-amino-alcohol motifs (C(OH)–C–C–N with tert-alkyl or cyclic N) is 1. The molecule has 0 bridgehead atoms. The van der Waals surface area contributed by atoms with Crippen LogP contribution in [-0.4, -0.2) is 28.8 Å². The van der Waals surface area contributed by atoms with Crippen LogP contribution in [0.2, 0.25) is 0 Å². The van der Waals surface area contributed by atoms with E-state index in [2.05, 4.69) is 18.0 Å². The second-order valence-electron chi connectivity index (χ2n) is 4.34. The summed E-state index contributed by atoms with van der Waals surface area (Å²) < 4.78 is 0. The van der Waals surface area contributed by atoms with E-state index >= 15 is 0 Å². The number of anilines is 1. The molecule has 1 saturated heterocycles. The van der Waals surface area contributed by atoms with Gasteiger partial charge in [0.1, 0.15) is 5.82 Å². The summed E-state index contributed by atoms with van der Waals surface area (Å²) in [5, 5.41) is 18.8. The van der Waals surface area contributed by atoms with Crippen LogP contribution in [0.15, 0.2) is 18.3 Å². The summed E-state index contributed by atoms with van der Waals surface area (Å²) in [5.74, 6) is 0.778. The Morgan fingerprint density at radius 3 is 3.00 bits per heavy atom. The number of aromatic nitrogens is 1. The number of hydrogen-bond acceptors (Lipinski definition) is 4. The number of hydrogen-bond donors (Lipinski definition) is 1. The Morgan fingerprint density at radius 1 is 1.62 bits per heavy atom. The van der Waals surface area contributed by atoms with Crippen molar-refractivity contribution in [3.8, 4) is 6.07 Å². The molecule has 0 amide bonds. The first-order valence-electron chi connectivity index (χ1n) is 5.50. The smallest absolute Gasteiger partial charge is 0.129 e. The third-order valence-corrected chi connectivity index (χ3v) is 2.88. The van der Waals surface area contributed by atoms with E-state index in [0.29, 0.717) is 18.7 Å². The molecule has 0 radical (unpaired) electrons. The Hall–Kier alpha value is -1.60. The van der Waals surface area contributed by atoms with Crippen LogP contribution in [0.25, 0.3) is 0 Å². The van der Waals surface area contributed by atoms with Gasteiger partial charge in [-0.3, -0.25) is 0 Å². The van der Waals surface area contributed by atoms with Crippen molar-refractivity contribution < 1.29 is 5.11 Å². The number of pyridine rings is 1. The topological polar surface area (TPSA) is 60.1 Å². The van der Waals surface area contributed by atoms with E-state index in [4.69, 9.17) is 5.26 Å². The predicted octanol–water partition coefficient (Wildman–Crippen LogP) is 1.30. The molecular weight excluding hydrogens is 202 g/mol. The van der Waals surface area contributed by atoms with E-state index in [9.17, 15) is 5.11 Å². The molecule has 1 aliphatic rings. The van der Waals surface area contributed by atoms with E-state index < -0.39 is 5.60 Å². The summed E-state index contributed by atoms with van der Waals surface area (Å²) in [7, 11) is 0. The highest BCUT2D eigenvalue weighted by Crippen LogP contribution is 2.29. The Bertz CT molecular complexity index is 419. The first kappa shape index (κ1) is 10.9. The Morgan fingerprint density at radius 2 is 2.38 bits per heavy atom. The molecule has 2 heterocycles. The van der Waals surface area contributed by atoms with Crippen LogP contribution in [0.4, 0.5) is 5.82 Å². The van der Waals surface area contributed by atoms with Gasteiger partial charge in [-0.25, -0.2) is 4.98 Å². The van der Waals surface area contributed by atoms with Crippen LogP contribution in [0.5, 0.6) is 0 Å². The monoisotopic (exact) mass is 217 g/mol. The lowest BCUT2D eigenvalue weighted by atomic mass is 9.89. The number of nitrogens with zero attached hydrogens (tertiary/aromatic N) is 3. The highest BCUT2D eigenvalue weighted by atomic mass is 16.3. The fourth-order valence-corrected chi connectivity index (χ4v) is 2.11. The van der Waals surface area contributed by atoms with Gasteiger partial charge in [-0.05, 0) is 18.6 Å². The molecule has 1 N–H and O–H groups in total. The second kappa shape index (κ2) is 4.11. The van der Waals surface area contributed by atoms with Crippen LogP contribution < -0.4 is 4.90 Å². The van der Waals surface area contributed by atoms with Gasteiger partial charge in [0, 0.05) is 19.3 Å². The van der Waals surface area contributed by atoms with Gasteiger partial charge in [-0.15, -0.1) is 0 Å². The second-order valence-corrected chi connectivity index (χ2v) is 4.34. The maximum absolute atomic E-state index is 10.0. The molecule has 4 heteroatoms. The standard InChI is InChI=1S/C12H15N3O/c1-2-4-12(16)8-15(9-12)11-6-10(7-13)3-5-14-11/h3,5-6,16H,2,4,8-9H2,1H3. The molecule has 2 rings (SSSR count). The van der Waals surface area contributed by atoms with Crippen LogP contribution >= 0.6 is 0 Å². The van der Waals surface area contributed by atoms with E-state index in [1.807, 2.05) is 4.90 Å². The van der Waals surface area contributed by atoms with Gasteiger partial charge in [0.15, 0.2) is 0 Å². The van der Waals surface area contributed by atoms with Crippen molar-refractivity contribution in [2.75, 3.05) is 18.0 Å². The third-order valence-electron chi connectivity index (χ3n) is 2.88. The van der Waals surface area contributed by atoms with Crippen molar-refractivity contribution in [2.24, 2.45) is 0 Å². The van der Waals surface area contributed by atoms with Crippen molar-refractivity contribution in [3.05, 3.63) is 23.9 Å². The molecule has 16 heavy (non-hydrogen) atoms. The summed E-state index contributed by atoms with van der Waals surface area (Å²) in [4.78, 5) is 6.20. The molecule has 0 unspecified atom stereocenters. The molecule has 0 atom stereocenters. The molecule has 0 aromatic carbocycles. The highest BCUT2D eigenvalue weighted by Gasteiger charge is 2.40. The summed E-state index contributed by atoms with van der Waals surface area (Å²) in [6.07, 6.45) is 3.43. The maximum Gasteiger partial charge on any atom is 0.129 e. The molecule has 4 nitrogen and oxygen atoms in total. The molecule has 0 saturated carbocycles. The molecule has 1 aromatic rings. The molecular formula is C12H15N3O. The lowest BCUT2D eigenvalue weighted by Crippen LogP contribution is -2.62. The maximum atomic E-state index is 10.0. The van der Waals surface area contributed by atoms with E-state index in [1.165, 1.54) is 0 Å². The molecule has 84 valence electrons. The molecule has 0 aliphatic carbocycles. The van der Waals surface area contributed by atoms with Crippen LogP contribution in [0.3, 0.4) is 0 Å². The van der Waals surface area contributed by atoms with Gasteiger partial charge in [0.05, 0.1) is 17.2 Å². The lowest BCUT2D eigenvalue weighted by Gasteiger charge is -2.47. The van der Waals surface area contributed by atoms with Gasteiger partial charge in [-0.2, -0.15) is 5.26 Å². The molecule has 1 aliphatic heterocycles. The molecule has 1 fully saturated rings. The van der Waals surface area contributed by atoms with Gasteiger partial charge in [-0.1, -0.05) is 13.3 Å². The van der Waals surface area contributed by atoms with E-state index in [0.717, 1.165) is 18.7 Å². The van der Waals surface area contributed by atoms with Crippen LogP contribution in [0, 0.1) is 11.3 Å². The summed E-state index contributed by atoms with van der Waals surface area (Å²) in [6, 6.07) is 5.52. The van der Waals surface area contributed by atoms with Gasteiger partial charge < -0.3 is 10.0 Å². The molecule has 0 spiro atoms. The Kier molecular flexibility index (Phi) is 2.80. The van der Waals surface area contributed by atoms with E-state index in [1.54, 1.807) is 18.3 Å². The Balaban J connectivity index is 2.04. The summed E-state index contributed by atoms with van der Waals surface area (Å²) in [6.45, 7) is 3.29. The van der Waals surface area contributed by atoms with Gasteiger partial charge in [0.25, 0.3) is 0 Å². The Labute approximate surface area is 95.1 Å². The minimum Gasteiger partial charge on any atom is -0.386 e. The minimum absolute atomic E-state index is 0.556. The molecule has 1 aromatic heterocycles. The summed E-state index contributed by atoms with van der Waals surface area (Å²) in [5.41, 5.74) is 0.0509. The average molecular weight is 217 g/mol. The third kappa shape index (κ3) is 2.00. The van der Waals surface area contributed by atoms with Crippen molar-refractivity contribution in [1.29, 1.82) is 5.26 Å². The van der Waals surface area contributed by atoms with E-state index in [-0.39, 0.29) is 0 Å². The average Bonchev–Trinajstić information content (AvgIpc) is 2.26. The van der Waals surface area contributed by atoms with Crippen molar-refractivity contribution >= 4 is 5.82 Å². The largest absolute Gasteiger partial charge is 0.386 e. The normalized spacial score (nSPS) is 17.7. The quantitative estimate of drug-likeness (QED) is 0.829. The van der Waals surface area contributed by atoms with Crippen LogP contribution in [0.1, 0.15) is 25.3 Å². The highest BCUT2D eigenvalue weighted by molar-refractivity contribution is 5.48. The summed E-state index contributed by atoms with van der Waals surface area (Å²) >= 11 is 0. The number of rotatable bonds is 3. The first-order valence-corrected chi connectivity index (χ1v) is 5.50. The minimum atomic E-state index is -0.556. The lowest BCUT2D eigenvalue weighted by molar-refractivity contribution is 0.00294. The zero-order valence-corrected chi connectivity index (χ0v) is 9.35. The first-order chi connectivity index (χ1) is 7.67. The zero-order chi connectivity index (χ0) is 11.6. The van der Waals surface area contributed by atoms with Gasteiger partial charge in [0.2, 0.25) is 0 Å². The number of nitriles is 1. The SMILES string of the molecule is CCCC1(O)CN(c2cc(C#N)ccn2)C1. The fraction of sp³-hybridized carbons (Fsp3) is 0.500. The van der Waals surface area contributed by atoms with Crippen LogP contribution in [-0.2, 0) is 0 Å². The van der Waals surface area contributed by atoms with Crippen molar-refractivity contribution in [3.63, 3.8) is 0 Å². The fourth-order valence-electron chi connectivity index (χ4n) is 2.11. The zero-order valence-electron chi connectivity index (χ0n) is 9.35. The van der Waals surface area contributed by atoms with Crippen molar-refractivity contribution in [2.45, 2.75) is 25.4 Å².